The second-order valence-corrected chi connectivity index (χ2v) is 7.48. The standard InChI is InChI=1S/C20H34N4O2.HI/c1-5-15-14(16(6-2)26-24-15)13-22-19(21-4)23-17-12-18(25-7-3)20(17)10-8-9-11-20;/h17-18H,5-13H2,1-4H3,(H2,21,22,23);1H. The third-order valence-electron chi connectivity index (χ3n) is 6.26. The first kappa shape index (κ1) is 22.5. The first-order valence-electron chi connectivity index (χ1n) is 10.2. The molecule has 0 aromatic carbocycles. The number of halogens is 1. The van der Waals surface area contributed by atoms with Crippen LogP contribution in [0.15, 0.2) is 9.52 Å². The monoisotopic (exact) mass is 490 g/mol. The molecule has 27 heavy (non-hydrogen) atoms. The largest absolute Gasteiger partial charge is 0.378 e. The maximum Gasteiger partial charge on any atom is 0.191 e. The zero-order chi connectivity index (χ0) is 18.6. The lowest BCUT2D eigenvalue weighted by Gasteiger charge is -2.54. The Kier molecular flexibility index (Phi) is 8.39. The Balaban J connectivity index is 0.00000261. The number of nitrogens with zero attached hydrogens (tertiary/aromatic N) is 2. The summed E-state index contributed by atoms with van der Waals surface area (Å²) in [7, 11) is 1.84. The van der Waals surface area contributed by atoms with Gasteiger partial charge in [-0.1, -0.05) is 31.8 Å². The van der Waals surface area contributed by atoms with Crippen molar-refractivity contribution in [1.82, 2.24) is 15.8 Å². The van der Waals surface area contributed by atoms with E-state index in [2.05, 4.69) is 41.6 Å². The van der Waals surface area contributed by atoms with Gasteiger partial charge in [0.1, 0.15) is 5.76 Å². The van der Waals surface area contributed by atoms with Crippen LogP contribution in [0, 0.1) is 5.41 Å². The van der Waals surface area contributed by atoms with Crippen LogP contribution in [-0.2, 0) is 24.1 Å². The highest BCUT2D eigenvalue weighted by molar-refractivity contribution is 14.0. The van der Waals surface area contributed by atoms with Crippen molar-refractivity contribution in [2.24, 2.45) is 10.4 Å². The summed E-state index contributed by atoms with van der Waals surface area (Å²) in [6.07, 6.45) is 8.37. The van der Waals surface area contributed by atoms with Gasteiger partial charge in [0.15, 0.2) is 5.96 Å². The molecule has 2 atom stereocenters. The second kappa shape index (κ2) is 10.1. The van der Waals surface area contributed by atoms with Crippen molar-refractivity contribution in [2.45, 2.75) is 84.4 Å². The quantitative estimate of drug-likeness (QED) is 0.346. The molecule has 0 amide bonds. The van der Waals surface area contributed by atoms with Gasteiger partial charge in [-0.2, -0.15) is 0 Å². The van der Waals surface area contributed by atoms with E-state index in [9.17, 15) is 0 Å². The van der Waals surface area contributed by atoms with Gasteiger partial charge in [0.05, 0.1) is 11.8 Å². The Bertz CT molecular complexity index is 604. The van der Waals surface area contributed by atoms with Crippen molar-refractivity contribution >= 4 is 29.9 Å². The number of aryl methyl sites for hydroxylation is 2. The van der Waals surface area contributed by atoms with Crippen LogP contribution in [0.4, 0.5) is 0 Å². The minimum absolute atomic E-state index is 0. The van der Waals surface area contributed by atoms with Crippen LogP contribution < -0.4 is 10.6 Å². The van der Waals surface area contributed by atoms with Gasteiger partial charge in [0.2, 0.25) is 0 Å². The summed E-state index contributed by atoms with van der Waals surface area (Å²) in [5.74, 6) is 1.83. The molecule has 3 rings (SSSR count). The lowest BCUT2D eigenvalue weighted by atomic mass is 9.60. The zero-order valence-corrected chi connectivity index (χ0v) is 19.5. The molecule has 154 valence electrons. The number of aromatic nitrogens is 1. The van der Waals surface area contributed by atoms with Crippen molar-refractivity contribution < 1.29 is 9.26 Å². The first-order valence-corrected chi connectivity index (χ1v) is 10.2. The lowest BCUT2D eigenvalue weighted by Crippen LogP contribution is -2.65. The number of aliphatic imine (C=N–C) groups is 1. The summed E-state index contributed by atoms with van der Waals surface area (Å²) in [4.78, 5) is 4.45. The molecular weight excluding hydrogens is 455 g/mol. The molecule has 7 heteroatoms. The smallest absolute Gasteiger partial charge is 0.191 e. The third kappa shape index (κ3) is 4.44. The average Bonchev–Trinajstić information content (AvgIpc) is 3.31. The van der Waals surface area contributed by atoms with Gasteiger partial charge >= 0.3 is 0 Å². The van der Waals surface area contributed by atoms with Crippen LogP contribution in [0.1, 0.15) is 69.9 Å². The summed E-state index contributed by atoms with van der Waals surface area (Å²) in [6, 6.07) is 0.450. The molecule has 2 aliphatic carbocycles. The molecule has 0 aliphatic heterocycles. The van der Waals surface area contributed by atoms with Gasteiger partial charge in [-0.25, -0.2) is 0 Å². The molecule has 2 N–H and O–H groups in total. The lowest BCUT2D eigenvalue weighted by molar-refractivity contribution is -0.125. The molecule has 1 heterocycles. The van der Waals surface area contributed by atoms with Gasteiger partial charge in [0.25, 0.3) is 0 Å². The minimum Gasteiger partial charge on any atom is -0.378 e. The predicted octanol–water partition coefficient (Wildman–Crippen LogP) is 3.82. The number of guanidine groups is 1. The maximum atomic E-state index is 6.02. The van der Waals surface area contributed by atoms with Crippen LogP contribution in [-0.4, -0.2) is 36.9 Å². The van der Waals surface area contributed by atoms with Crippen molar-refractivity contribution in [3.8, 4) is 0 Å². The van der Waals surface area contributed by atoms with Crippen LogP contribution in [0.25, 0.3) is 0 Å². The number of nitrogens with one attached hydrogen (secondary N) is 2. The summed E-state index contributed by atoms with van der Waals surface area (Å²) in [6.45, 7) is 7.81. The molecule has 0 saturated heterocycles. The zero-order valence-electron chi connectivity index (χ0n) is 17.1. The van der Waals surface area contributed by atoms with Crippen molar-refractivity contribution in [2.75, 3.05) is 13.7 Å². The number of hydrogen-bond donors (Lipinski definition) is 2. The summed E-state index contributed by atoms with van der Waals surface area (Å²) in [5, 5.41) is 11.3. The van der Waals surface area contributed by atoms with E-state index in [4.69, 9.17) is 9.26 Å². The SMILES string of the molecule is CCOC1CC(NC(=NC)NCc2c(CC)noc2CC)C12CCCC2.I. The highest BCUT2D eigenvalue weighted by atomic mass is 127. The molecule has 2 fully saturated rings. The van der Waals surface area contributed by atoms with Crippen molar-refractivity contribution in [3.05, 3.63) is 17.0 Å². The molecule has 1 aromatic heterocycles. The van der Waals surface area contributed by atoms with E-state index in [1.54, 1.807) is 0 Å². The Hall–Kier alpha value is -0.830. The molecule has 0 bridgehead atoms. The fraction of sp³-hybridized carbons (Fsp3) is 0.800. The normalized spacial score (nSPS) is 23.8. The van der Waals surface area contributed by atoms with Crippen LogP contribution >= 0.6 is 24.0 Å². The van der Waals surface area contributed by atoms with E-state index in [0.29, 0.717) is 24.1 Å². The first-order chi connectivity index (χ1) is 12.7. The minimum atomic E-state index is 0. The molecular formula is C20H35IN4O2. The highest BCUT2D eigenvalue weighted by Gasteiger charge is 2.56. The molecule has 1 aromatic rings. The molecule has 2 aliphatic rings. The fourth-order valence-electron chi connectivity index (χ4n) is 4.76. The molecule has 6 nitrogen and oxygen atoms in total. The van der Waals surface area contributed by atoms with Crippen LogP contribution in [0.2, 0.25) is 0 Å². The molecule has 1 spiro atoms. The molecule has 2 unspecified atom stereocenters. The summed E-state index contributed by atoms with van der Waals surface area (Å²) in [5.41, 5.74) is 2.51. The van der Waals surface area contributed by atoms with E-state index in [1.807, 2.05) is 7.05 Å². The topological polar surface area (TPSA) is 71.7 Å². The van der Waals surface area contributed by atoms with E-state index >= 15 is 0 Å². The molecule has 2 saturated carbocycles. The Labute approximate surface area is 180 Å². The van der Waals surface area contributed by atoms with Crippen molar-refractivity contribution in [3.63, 3.8) is 0 Å². The number of hydrogen-bond acceptors (Lipinski definition) is 4. The Morgan fingerprint density at radius 2 is 2.00 bits per heavy atom. The number of ether oxygens (including phenoxy) is 1. The number of rotatable bonds is 7. The fourth-order valence-corrected chi connectivity index (χ4v) is 4.76. The maximum absolute atomic E-state index is 6.02. The van der Waals surface area contributed by atoms with Crippen molar-refractivity contribution in [1.29, 1.82) is 0 Å². The van der Waals surface area contributed by atoms with Gasteiger partial charge in [-0.15, -0.1) is 24.0 Å². The Morgan fingerprint density at radius 3 is 2.59 bits per heavy atom. The average molecular weight is 490 g/mol. The summed E-state index contributed by atoms with van der Waals surface area (Å²) < 4.78 is 11.5. The second-order valence-electron chi connectivity index (χ2n) is 7.48. The van der Waals surface area contributed by atoms with E-state index in [0.717, 1.165) is 43.3 Å². The van der Waals surface area contributed by atoms with Gasteiger partial charge in [-0.05, 0) is 32.6 Å². The Morgan fingerprint density at radius 1 is 1.26 bits per heavy atom. The van der Waals surface area contributed by atoms with Gasteiger partial charge in [-0.3, -0.25) is 4.99 Å². The van der Waals surface area contributed by atoms with Crippen LogP contribution in [0.3, 0.4) is 0 Å². The van der Waals surface area contributed by atoms with Crippen LogP contribution in [0.5, 0.6) is 0 Å². The predicted molar refractivity (Wildman–Crippen MR) is 119 cm³/mol. The van der Waals surface area contributed by atoms with Gasteiger partial charge < -0.3 is 19.9 Å². The highest BCUT2D eigenvalue weighted by Crippen LogP contribution is 2.54. The van der Waals surface area contributed by atoms with E-state index in [1.165, 1.54) is 31.2 Å². The third-order valence-corrected chi connectivity index (χ3v) is 6.26. The van der Waals surface area contributed by atoms with E-state index in [-0.39, 0.29) is 24.0 Å². The van der Waals surface area contributed by atoms with E-state index < -0.39 is 0 Å². The molecule has 0 radical (unpaired) electrons. The summed E-state index contributed by atoms with van der Waals surface area (Å²) >= 11 is 0. The van der Waals surface area contributed by atoms with Gasteiger partial charge in [0, 0.05) is 43.6 Å².